The molecule has 104 valence electrons. The first-order chi connectivity index (χ1) is 8.80. The highest BCUT2D eigenvalue weighted by Gasteiger charge is 2.38. The molecule has 0 spiro atoms. The van der Waals surface area contributed by atoms with Gasteiger partial charge in [-0.15, -0.1) is 0 Å². The van der Waals surface area contributed by atoms with Crippen molar-refractivity contribution in [1.29, 1.82) is 0 Å². The van der Waals surface area contributed by atoms with Crippen LogP contribution in [0.15, 0.2) is 0 Å². The molecule has 0 bridgehead atoms. The van der Waals surface area contributed by atoms with E-state index in [-0.39, 0.29) is 24.3 Å². The summed E-state index contributed by atoms with van der Waals surface area (Å²) < 4.78 is 32.2. The molecule has 6 heteroatoms. The zero-order chi connectivity index (χ0) is 12.4. The molecule has 3 aliphatic heterocycles. The van der Waals surface area contributed by atoms with E-state index in [1.807, 2.05) is 0 Å². The lowest BCUT2D eigenvalue weighted by atomic mass is 9.88. The number of hydrogen-bond donors (Lipinski definition) is 0. The van der Waals surface area contributed by atoms with E-state index in [9.17, 15) is 0 Å². The SMILES string of the molecule is CCC(COC1CO1)(COC1CO1)COC1CO1. The molecule has 0 radical (unpaired) electrons. The normalized spacial score (nSPS) is 36.2. The number of ether oxygens (including phenoxy) is 6. The van der Waals surface area contributed by atoms with Gasteiger partial charge < -0.3 is 28.4 Å². The van der Waals surface area contributed by atoms with Crippen LogP contribution in [-0.2, 0) is 28.4 Å². The summed E-state index contributed by atoms with van der Waals surface area (Å²) in [6.45, 7) is 5.93. The highest BCUT2D eigenvalue weighted by atomic mass is 16.8. The lowest BCUT2D eigenvalue weighted by molar-refractivity contribution is -0.111. The van der Waals surface area contributed by atoms with Crippen LogP contribution in [0.5, 0.6) is 0 Å². The minimum atomic E-state index is -0.149. The summed E-state index contributed by atoms with van der Waals surface area (Å²) in [5.41, 5.74) is -0.149. The number of hydrogen-bond acceptors (Lipinski definition) is 6. The van der Waals surface area contributed by atoms with E-state index in [4.69, 9.17) is 28.4 Å². The molecule has 3 aliphatic rings. The Hall–Kier alpha value is -0.240. The van der Waals surface area contributed by atoms with Crippen molar-refractivity contribution in [1.82, 2.24) is 0 Å². The molecule has 0 N–H and O–H groups in total. The third-order valence-electron chi connectivity index (χ3n) is 3.38. The average molecular weight is 260 g/mol. The smallest absolute Gasteiger partial charge is 0.181 e. The summed E-state index contributed by atoms with van der Waals surface area (Å²) in [4.78, 5) is 0. The van der Waals surface area contributed by atoms with Crippen molar-refractivity contribution < 1.29 is 28.4 Å². The molecule has 6 nitrogen and oxygen atoms in total. The van der Waals surface area contributed by atoms with Crippen molar-refractivity contribution in [2.45, 2.75) is 32.2 Å². The molecule has 3 unspecified atom stereocenters. The van der Waals surface area contributed by atoms with Gasteiger partial charge in [0.25, 0.3) is 0 Å². The molecule has 3 fully saturated rings. The molecule has 3 saturated heterocycles. The zero-order valence-electron chi connectivity index (χ0n) is 10.6. The van der Waals surface area contributed by atoms with E-state index in [0.29, 0.717) is 39.6 Å². The lowest BCUT2D eigenvalue weighted by Crippen LogP contribution is -2.38. The van der Waals surface area contributed by atoms with E-state index in [1.165, 1.54) is 0 Å². The third kappa shape index (κ3) is 3.88. The van der Waals surface area contributed by atoms with Crippen LogP contribution in [0.2, 0.25) is 0 Å². The third-order valence-corrected chi connectivity index (χ3v) is 3.38. The van der Waals surface area contributed by atoms with Crippen molar-refractivity contribution in [3.05, 3.63) is 0 Å². The van der Waals surface area contributed by atoms with Gasteiger partial charge in [-0.3, -0.25) is 0 Å². The van der Waals surface area contributed by atoms with E-state index < -0.39 is 0 Å². The van der Waals surface area contributed by atoms with Gasteiger partial charge in [-0.2, -0.15) is 0 Å². The standard InChI is InChI=1S/C12H20O6/c1-2-12(6-16-9-3-13-9,7-17-10-4-14-10)8-18-11-5-15-11/h9-11H,2-8H2,1H3. The molecule has 3 atom stereocenters. The Morgan fingerprint density at radius 1 is 0.833 bits per heavy atom. The Bertz CT molecular complexity index is 231. The average Bonchev–Trinajstić information content (AvgIpc) is 3.26. The van der Waals surface area contributed by atoms with Crippen LogP contribution in [0.1, 0.15) is 13.3 Å². The maximum atomic E-state index is 5.65. The monoisotopic (exact) mass is 260 g/mol. The topological polar surface area (TPSA) is 65.3 Å². The van der Waals surface area contributed by atoms with Gasteiger partial charge in [-0.25, -0.2) is 0 Å². The van der Waals surface area contributed by atoms with Crippen LogP contribution in [0.3, 0.4) is 0 Å². The predicted octanol–water partition coefficient (Wildman–Crippen LogP) is 0.501. The van der Waals surface area contributed by atoms with E-state index in [2.05, 4.69) is 6.92 Å². The Morgan fingerprint density at radius 3 is 1.39 bits per heavy atom. The summed E-state index contributed by atoms with van der Waals surface area (Å²) in [5, 5.41) is 0. The van der Waals surface area contributed by atoms with Gasteiger partial charge in [0.2, 0.25) is 0 Å². The fraction of sp³-hybridized carbons (Fsp3) is 1.00. The summed E-state index contributed by atoms with van der Waals surface area (Å²) in [5.74, 6) is 0. The van der Waals surface area contributed by atoms with Crippen molar-refractivity contribution in [3.63, 3.8) is 0 Å². The predicted molar refractivity (Wildman–Crippen MR) is 59.8 cm³/mol. The minimum Gasteiger partial charge on any atom is -0.349 e. The fourth-order valence-electron chi connectivity index (χ4n) is 1.65. The van der Waals surface area contributed by atoms with E-state index >= 15 is 0 Å². The van der Waals surface area contributed by atoms with Gasteiger partial charge in [0.1, 0.15) is 19.8 Å². The summed E-state index contributed by atoms with van der Waals surface area (Å²) in [6, 6.07) is 0. The first-order valence-electron chi connectivity index (χ1n) is 6.49. The second-order valence-corrected chi connectivity index (χ2v) is 5.08. The highest BCUT2D eigenvalue weighted by Crippen LogP contribution is 2.29. The first kappa shape index (κ1) is 12.8. The van der Waals surface area contributed by atoms with Crippen molar-refractivity contribution in [2.24, 2.45) is 5.41 Å². The molecular weight excluding hydrogens is 240 g/mol. The highest BCUT2D eigenvalue weighted by molar-refractivity contribution is 4.80. The number of epoxide rings is 3. The summed E-state index contributed by atoms with van der Waals surface area (Å²) in [6.07, 6.45) is 0.805. The lowest BCUT2D eigenvalue weighted by Gasteiger charge is -2.31. The van der Waals surface area contributed by atoms with Gasteiger partial charge in [0, 0.05) is 5.41 Å². The molecule has 0 aromatic heterocycles. The van der Waals surface area contributed by atoms with Gasteiger partial charge in [-0.05, 0) is 6.42 Å². The Kier molecular flexibility index (Phi) is 3.83. The summed E-state index contributed by atoms with van der Waals surface area (Å²) >= 11 is 0. The van der Waals surface area contributed by atoms with Gasteiger partial charge >= 0.3 is 0 Å². The quantitative estimate of drug-likeness (QED) is 0.533. The molecule has 18 heavy (non-hydrogen) atoms. The fourth-order valence-corrected chi connectivity index (χ4v) is 1.65. The molecule has 0 aliphatic carbocycles. The van der Waals surface area contributed by atoms with Gasteiger partial charge in [0.05, 0.1) is 19.8 Å². The number of rotatable bonds is 10. The van der Waals surface area contributed by atoms with Crippen LogP contribution in [0, 0.1) is 5.41 Å². The molecule has 3 heterocycles. The van der Waals surface area contributed by atoms with Crippen LogP contribution in [0.25, 0.3) is 0 Å². The van der Waals surface area contributed by atoms with Crippen molar-refractivity contribution in [3.8, 4) is 0 Å². The zero-order valence-corrected chi connectivity index (χ0v) is 10.6. The van der Waals surface area contributed by atoms with Crippen molar-refractivity contribution >= 4 is 0 Å². The van der Waals surface area contributed by atoms with Crippen LogP contribution in [-0.4, -0.2) is 58.5 Å². The minimum absolute atomic E-state index is 0.0368. The first-order valence-corrected chi connectivity index (χ1v) is 6.49. The molecule has 0 aromatic rings. The second kappa shape index (κ2) is 5.40. The maximum absolute atomic E-state index is 5.65. The molecule has 0 aromatic carbocycles. The Labute approximate surface area is 106 Å². The van der Waals surface area contributed by atoms with Crippen molar-refractivity contribution in [2.75, 3.05) is 39.6 Å². The van der Waals surface area contributed by atoms with Crippen LogP contribution in [0.4, 0.5) is 0 Å². The van der Waals surface area contributed by atoms with Crippen LogP contribution >= 0.6 is 0 Å². The van der Waals surface area contributed by atoms with E-state index in [0.717, 1.165) is 6.42 Å². The molecule has 3 rings (SSSR count). The van der Waals surface area contributed by atoms with Gasteiger partial charge in [0.15, 0.2) is 18.9 Å². The maximum Gasteiger partial charge on any atom is 0.181 e. The van der Waals surface area contributed by atoms with Gasteiger partial charge in [-0.1, -0.05) is 6.92 Å². The Morgan fingerprint density at radius 2 is 1.17 bits per heavy atom. The van der Waals surface area contributed by atoms with E-state index in [1.54, 1.807) is 0 Å². The largest absolute Gasteiger partial charge is 0.349 e. The second-order valence-electron chi connectivity index (χ2n) is 5.08. The Balaban J connectivity index is 1.49. The summed E-state index contributed by atoms with van der Waals surface area (Å²) in [7, 11) is 0. The van der Waals surface area contributed by atoms with Crippen LogP contribution < -0.4 is 0 Å². The molecule has 0 amide bonds. The molecular formula is C12H20O6. The molecule has 0 saturated carbocycles.